The maximum atomic E-state index is 11.7. The Morgan fingerprint density at radius 2 is 2.00 bits per heavy atom. The third-order valence-electron chi connectivity index (χ3n) is 3.50. The number of piperazine rings is 1. The van der Waals surface area contributed by atoms with Crippen molar-refractivity contribution in [3.05, 3.63) is 0 Å². The molecular weight excluding hydrogens is 208 g/mol. The van der Waals surface area contributed by atoms with Gasteiger partial charge < -0.3 is 0 Å². The number of hydrogen-bond donors (Lipinski definition) is 1. The van der Waals surface area contributed by atoms with Crippen LogP contribution in [0.25, 0.3) is 0 Å². The Balaban J connectivity index is 2.20. The Labute approximate surface area is 94.2 Å². The smallest absolute Gasteiger partial charge is 0.246 e. The van der Waals surface area contributed by atoms with Crippen molar-refractivity contribution < 1.29 is 14.4 Å². The van der Waals surface area contributed by atoms with Crippen molar-refractivity contribution in [2.24, 2.45) is 0 Å². The number of amides is 2. The summed E-state index contributed by atoms with van der Waals surface area (Å²) >= 11 is 0. The maximum absolute atomic E-state index is 11.7. The topological polar surface area (TPSA) is 66.5 Å². The molecule has 5 nitrogen and oxygen atoms in total. The van der Waals surface area contributed by atoms with Crippen molar-refractivity contribution in [1.82, 2.24) is 10.2 Å². The molecule has 1 heterocycles. The predicted molar refractivity (Wildman–Crippen MR) is 56.6 cm³/mol. The summed E-state index contributed by atoms with van der Waals surface area (Å²) in [6.45, 7) is 3.78. The zero-order chi connectivity index (χ0) is 11.9. The standard InChI is InChI=1S/C11H16N2O3/c1-11(2)10(16)12-9(15)6-13(11)7-3-4-8(14)5-7/h7H,3-6H2,1-2H3,(H,12,15,16). The van der Waals surface area contributed by atoms with Gasteiger partial charge in [-0.1, -0.05) is 0 Å². The Morgan fingerprint density at radius 3 is 2.56 bits per heavy atom. The average Bonchev–Trinajstić information content (AvgIpc) is 2.58. The molecule has 1 atom stereocenters. The van der Waals surface area contributed by atoms with Crippen LogP contribution >= 0.6 is 0 Å². The van der Waals surface area contributed by atoms with E-state index in [0.29, 0.717) is 12.8 Å². The van der Waals surface area contributed by atoms with Crippen molar-refractivity contribution in [3.8, 4) is 0 Å². The Hall–Kier alpha value is -1.23. The first kappa shape index (κ1) is 11.3. The van der Waals surface area contributed by atoms with Crippen molar-refractivity contribution >= 4 is 17.6 Å². The normalized spacial score (nSPS) is 30.6. The number of rotatable bonds is 1. The lowest BCUT2D eigenvalue weighted by atomic mass is 9.95. The molecule has 1 saturated carbocycles. The van der Waals surface area contributed by atoms with Gasteiger partial charge in [0.05, 0.1) is 12.1 Å². The zero-order valence-electron chi connectivity index (χ0n) is 9.58. The van der Waals surface area contributed by atoms with Crippen LogP contribution in [0.15, 0.2) is 0 Å². The highest BCUT2D eigenvalue weighted by molar-refractivity contribution is 6.03. The van der Waals surface area contributed by atoms with Crippen LogP contribution in [0.3, 0.4) is 0 Å². The number of carbonyl (C=O) groups excluding carboxylic acids is 3. The molecule has 0 aromatic heterocycles. The van der Waals surface area contributed by atoms with Crippen LogP contribution in [0.2, 0.25) is 0 Å². The van der Waals surface area contributed by atoms with E-state index in [1.807, 2.05) is 4.90 Å². The van der Waals surface area contributed by atoms with Gasteiger partial charge in [0.15, 0.2) is 0 Å². The van der Waals surface area contributed by atoms with Gasteiger partial charge in [-0.2, -0.15) is 0 Å². The van der Waals surface area contributed by atoms with Gasteiger partial charge in [-0.05, 0) is 20.3 Å². The van der Waals surface area contributed by atoms with Crippen LogP contribution < -0.4 is 5.32 Å². The van der Waals surface area contributed by atoms with Crippen molar-refractivity contribution in [1.29, 1.82) is 0 Å². The van der Waals surface area contributed by atoms with E-state index >= 15 is 0 Å². The summed E-state index contributed by atoms with van der Waals surface area (Å²) < 4.78 is 0. The molecule has 2 aliphatic rings. The minimum absolute atomic E-state index is 0.0394. The monoisotopic (exact) mass is 224 g/mol. The van der Waals surface area contributed by atoms with E-state index in [2.05, 4.69) is 5.32 Å². The van der Waals surface area contributed by atoms with Crippen LogP contribution in [0, 0.1) is 0 Å². The van der Waals surface area contributed by atoms with Crippen LogP contribution in [0.5, 0.6) is 0 Å². The van der Waals surface area contributed by atoms with E-state index in [1.165, 1.54) is 0 Å². The molecule has 0 spiro atoms. The van der Waals surface area contributed by atoms with Gasteiger partial charge >= 0.3 is 0 Å². The van der Waals surface area contributed by atoms with Gasteiger partial charge in [-0.25, -0.2) is 0 Å². The van der Waals surface area contributed by atoms with Gasteiger partial charge in [0.1, 0.15) is 5.78 Å². The largest absolute Gasteiger partial charge is 0.300 e. The molecule has 2 rings (SSSR count). The Morgan fingerprint density at radius 1 is 1.31 bits per heavy atom. The average molecular weight is 224 g/mol. The molecule has 0 aromatic rings. The van der Waals surface area contributed by atoms with Crippen LogP contribution in [-0.2, 0) is 14.4 Å². The first-order valence-electron chi connectivity index (χ1n) is 5.54. The van der Waals surface area contributed by atoms with Crippen molar-refractivity contribution in [3.63, 3.8) is 0 Å². The number of ketones is 1. The summed E-state index contributed by atoms with van der Waals surface area (Å²) in [5.41, 5.74) is -0.705. The second-order valence-electron chi connectivity index (χ2n) is 5.00. The fraction of sp³-hybridized carbons (Fsp3) is 0.727. The van der Waals surface area contributed by atoms with E-state index in [0.717, 1.165) is 6.42 Å². The number of hydrogen-bond acceptors (Lipinski definition) is 4. The summed E-state index contributed by atoms with van der Waals surface area (Å²) in [7, 11) is 0. The number of nitrogens with one attached hydrogen (secondary N) is 1. The summed E-state index contributed by atoms with van der Waals surface area (Å²) in [4.78, 5) is 36.2. The van der Waals surface area contributed by atoms with Gasteiger partial charge in [0.2, 0.25) is 11.8 Å². The highest BCUT2D eigenvalue weighted by Crippen LogP contribution is 2.29. The lowest BCUT2D eigenvalue weighted by molar-refractivity contribution is -0.147. The molecule has 88 valence electrons. The fourth-order valence-corrected chi connectivity index (χ4v) is 2.45. The van der Waals surface area contributed by atoms with Gasteiger partial charge in [-0.15, -0.1) is 0 Å². The first-order valence-corrected chi connectivity index (χ1v) is 5.54. The van der Waals surface area contributed by atoms with E-state index in [1.54, 1.807) is 13.8 Å². The minimum Gasteiger partial charge on any atom is -0.300 e. The van der Waals surface area contributed by atoms with Crippen molar-refractivity contribution in [2.75, 3.05) is 6.54 Å². The predicted octanol–water partition coefficient (Wildman–Crippen LogP) is -0.155. The number of nitrogens with zero attached hydrogens (tertiary/aromatic N) is 1. The highest BCUT2D eigenvalue weighted by atomic mass is 16.2. The molecule has 0 bridgehead atoms. The van der Waals surface area contributed by atoms with E-state index in [-0.39, 0.29) is 30.2 Å². The minimum atomic E-state index is -0.705. The van der Waals surface area contributed by atoms with Crippen LogP contribution in [0.1, 0.15) is 33.1 Å². The maximum Gasteiger partial charge on any atom is 0.246 e. The van der Waals surface area contributed by atoms with Gasteiger partial charge in [0, 0.05) is 18.9 Å². The Kier molecular flexibility index (Phi) is 2.58. The summed E-state index contributed by atoms with van der Waals surface area (Å²) in [6.07, 6.45) is 1.78. The molecule has 2 fully saturated rings. The number of Topliss-reactive ketones (excluding diaryl/α,β-unsaturated/α-hetero) is 1. The zero-order valence-corrected chi connectivity index (χ0v) is 9.58. The van der Waals surface area contributed by atoms with Gasteiger partial charge in [0.25, 0.3) is 0 Å². The molecule has 5 heteroatoms. The lowest BCUT2D eigenvalue weighted by Gasteiger charge is -2.43. The SMILES string of the molecule is CC1(C)C(=O)NC(=O)CN1C1CCC(=O)C1. The molecule has 2 amide bonds. The fourth-order valence-electron chi connectivity index (χ4n) is 2.45. The van der Waals surface area contributed by atoms with Crippen LogP contribution in [0.4, 0.5) is 0 Å². The molecule has 0 aromatic carbocycles. The number of carbonyl (C=O) groups is 3. The molecule has 1 aliphatic carbocycles. The lowest BCUT2D eigenvalue weighted by Crippen LogP contribution is -2.66. The molecule has 1 N–H and O–H groups in total. The second kappa shape index (κ2) is 3.66. The van der Waals surface area contributed by atoms with E-state index in [4.69, 9.17) is 0 Å². The molecule has 1 unspecified atom stereocenters. The highest BCUT2D eigenvalue weighted by Gasteiger charge is 2.45. The second-order valence-corrected chi connectivity index (χ2v) is 5.00. The molecule has 1 saturated heterocycles. The third-order valence-corrected chi connectivity index (χ3v) is 3.50. The van der Waals surface area contributed by atoms with Crippen LogP contribution in [-0.4, -0.2) is 40.6 Å². The molecule has 0 radical (unpaired) electrons. The quantitative estimate of drug-likeness (QED) is 0.629. The molecule has 1 aliphatic heterocycles. The number of imide groups is 1. The summed E-state index contributed by atoms with van der Waals surface area (Å²) in [6, 6.07) is 0.0394. The molecule has 16 heavy (non-hydrogen) atoms. The first-order chi connectivity index (χ1) is 7.41. The third kappa shape index (κ3) is 1.75. The summed E-state index contributed by atoms with van der Waals surface area (Å²) in [5, 5.41) is 2.33. The van der Waals surface area contributed by atoms with Gasteiger partial charge in [-0.3, -0.25) is 24.6 Å². The Bertz CT molecular complexity index is 362. The van der Waals surface area contributed by atoms with Crippen molar-refractivity contribution in [2.45, 2.75) is 44.7 Å². The van der Waals surface area contributed by atoms with E-state index < -0.39 is 5.54 Å². The van der Waals surface area contributed by atoms with E-state index in [9.17, 15) is 14.4 Å². The summed E-state index contributed by atoms with van der Waals surface area (Å²) in [5.74, 6) is -0.328. The molecular formula is C11H16N2O3.